The van der Waals surface area contributed by atoms with Crippen LogP contribution in [0, 0.1) is 0 Å². The molecule has 0 aliphatic rings. The summed E-state index contributed by atoms with van der Waals surface area (Å²) in [6.45, 7) is 0. The lowest BCUT2D eigenvalue weighted by Crippen LogP contribution is -0.790. The Kier molecular flexibility index (Phi) is 23.3. The van der Waals surface area contributed by atoms with Crippen molar-refractivity contribution in [2.75, 3.05) is 0 Å². The Bertz CT molecular complexity index is 6.00. The Balaban J connectivity index is 0. The zero-order valence-electron chi connectivity index (χ0n) is 1.61. The van der Waals surface area contributed by atoms with Gasteiger partial charge in [0, 0.05) is 5.48 Å². The molecule has 0 aliphatic heterocycles. The van der Waals surface area contributed by atoms with Crippen molar-refractivity contribution in [3.05, 3.63) is 0 Å². The third kappa shape index (κ3) is 56.3. The first-order chi connectivity index (χ1) is 1.41. The average molecular weight is 85.0 g/mol. The van der Waals surface area contributed by atoms with Crippen LogP contribution in [0.2, 0.25) is 0 Å². The van der Waals surface area contributed by atoms with E-state index in [9.17, 15) is 8.39 Å². The maximum absolute atomic E-state index is 9.60. The van der Waals surface area contributed by atoms with Gasteiger partial charge < -0.3 is 0 Å². The van der Waals surface area contributed by atoms with Gasteiger partial charge in [0.2, 0.25) is 0 Å². The van der Waals surface area contributed by atoms with Crippen LogP contribution in [-0.4, -0.2) is 0 Å². The lowest BCUT2D eigenvalue weighted by atomic mass is 16.0. The van der Waals surface area contributed by atoms with Crippen LogP contribution < -0.4 is 0 Å². The largest absolute Gasteiger partial charge is 0.355 e. The van der Waals surface area contributed by atoms with Crippen LogP contribution in [0.4, 0.5) is 8.39 Å². The van der Waals surface area contributed by atoms with Gasteiger partial charge in [-0.2, -0.15) is 8.39 Å². The molecule has 0 amide bonds. The molecule has 0 heterocycles. The van der Waals surface area contributed by atoms with E-state index in [-0.39, 0.29) is 5.48 Å². The van der Waals surface area contributed by atoms with Gasteiger partial charge in [0.15, 0.2) is 0 Å². The number of hydrogen-bond donors (Lipinski definition) is 0. The molecular formula is F2OP. The van der Waals surface area contributed by atoms with E-state index in [0.29, 0.717) is 0 Å². The zero-order chi connectivity index (χ0) is 2.71. The van der Waals surface area contributed by atoms with Crippen molar-refractivity contribution in [2.45, 2.75) is 0 Å². The summed E-state index contributed by atoms with van der Waals surface area (Å²) < 4.78 is 19.2. The molecule has 0 fully saturated rings. The van der Waals surface area contributed by atoms with E-state index >= 15 is 0 Å². The molecular weight excluding hydrogens is 85.0 g/mol. The lowest BCUT2D eigenvalue weighted by Gasteiger charge is -1.35. The molecule has 1 nitrogen and oxygen atoms in total. The van der Waals surface area contributed by atoms with E-state index in [0.717, 1.165) is 0 Å². The van der Waals surface area contributed by atoms with Gasteiger partial charge in [-0.05, 0) is 0 Å². The van der Waals surface area contributed by atoms with Crippen molar-refractivity contribution >= 4 is 9.20 Å². The monoisotopic (exact) mass is 85.0 g/mol. The molecule has 3 radical (unpaired) electrons. The molecule has 25 valence electrons. The van der Waals surface area contributed by atoms with Crippen molar-refractivity contribution < 1.29 is 13.9 Å². The van der Waals surface area contributed by atoms with Gasteiger partial charge in [0.25, 0.3) is 0 Å². The normalized spacial score (nSPS) is 4.50. The zero-order valence-corrected chi connectivity index (χ0v) is 2.51. The van der Waals surface area contributed by atoms with Crippen LogP contribution in [0.5, 0.6) is 0 Å². The van der Waals surface area contributed by atoms with Crippen LogP contribution in [-0.2, 0) is 5.48 Å². The Labute approximate surface area is 24.3 Å². The molecule has 0 spiro atoms. The van der Waals surface area contributed by atoms with E-state index in [2.05, 4.69) is 0 Å². The van der Waals surface area contributed by atoms with E-state index in [1.807, 2.05) is 0 Å². The number of rotatable bonds is 0. The first-order valence-corrected chi connectivity index (χ1v) is 1.01. The Morgan fingerprint density at radius 3 is 1.25 bits per heavy atom. The minimum absolute atomic E-state index is 0. The van der Waals surface area contributed by atoms with E-state index in [1.165, 1.54) is 0 Å². The summed E-state index contributed by atoms with van der Waals surface area (Å²) in [5.41, 5.74) is 0. The fourth-order valence-corrected chi connectivity index (χ4v) is 0. The maximum Gasteiger partial charge on any atom is 0.355 e. The molecule has 0 aromatic rings. The lowest BCUT2D eigenvalue weighted by molar-refractivity contribution is 0.686. The average Bonchev–Trinajstić information content (AvgIpc) is 0.918. The van der Waals surface area contributed by atoms with Gasteiger partial charge >= 0.3 is 9.20 Å². The summed E-state index contributed by atoms with van der Waals surface area (Å²) in [6.07, 6.45) is 0. The summed E-state index contributed by atoms with van der Waals surface area (Å²) in [5.74, 6) is 0. The fraction of sp³-hybridized carbons (Fsp3) is 0. The summed E-state index contributed by atoms with van der Waals surface area (Å²) in [4.78, 5) is 0. The predicted molar refractivity (Wildman–Crippen MR) is 9.82 cm³/mol. The molecule has 0 atom stereocenters. The molecule has 0 aromatic heterocycles. The minimum Gasteiger partial charge on any atom is -0.178 e. The first-order valence-electron chi connectivity index (χ1n) is 0.338. The molecule has 0 saturated heterocycles. The van der Waals surface area contributed by atoms with E-state index < -0.39 is 9.20 Å². The highest BCUT2D eigenvalue weighted by atomic mass is 31.1. The highest BCUT2D eigenvalue weighted by Gasteiger charge is 1.53. The summed E-state index contributed by atoms with van der Waals surface area (Å²) in [6, 6.07) is 0. The van der Waals surface area contributed by atoms with Crippen molar-refractivity contribution in [3.63, 3.8) is 0 Å². The highest BCUT2D eigenvalue weighted by Crippen LogP contribution is 2.07. The number of hydrogen-bond acceptors (Lipinski definition) is 0. The standard InChI is InChI=1S/F2P.O/c1-3-2;. The molecule has 0 rings (SSSR count). The molecule has 0 N–H and O–H groups in total. The predicted octanol–water partition coefficient (Wildman–Crippen LogP) is 1.58. The highest BCUT2D eigenvalue weighted by molar-refractivity contribution is 7.25. The fourth-order valence-electron chi connectivity index (χ4n) is 0. The second-order valence-corrected chi connectivity index (χ2v) is 0.192. The second-order valence-electron chi connectivity index (χ2n) is 0.0639. The molecule has 0 bridgehead atoms. The minimum atomic E-state index is -1.58. The summed E-state index contributed by atoms with van der Waals surface area (Å²) in [7, 11) is -1.58. The third-order valence-corrected chi connectivity index (χ3v) is 0. The van der Waals surface area contributed by atoms with Crippen LogP contribution in [0.1, 0.15) is 0 Å². The SMILES string of the molecule is F[P]F.[O]. The maximum atomic E-state index is 9.60. The number of halogens is 2. The van der Waals surface area contributed by atoms with Gasteiger partial charge in [-0.25, -0.2) is 0 Å². The first kappa shape index (κ1) is 8.87. The van der Waals surface area contributed by atoms with E-state index in [4.69, 9.17) is 0 Å². The van der Waals surface area contributed by atoms with Crippen molar-refractivity contribution in [3.8, 4) is 0 Å². The molecule has 4 heavy (non-hydrogen) atoms. The Morgan fingerprint density at radius 2 is 1.25 bits per heavy atom. The van der Waals surface area contributed by atoms with Crippen LogP contribution >= 0.6 is 9.20 Å². The van der Waals surface area contributed by atoms with Gasteiger partial charge in [-0.3, -0.25) is 0 Å². The third-order valence-electron chi connectivity index (χ3n) is 0. The van der Waals surface area contributed by atoms with Crippen molar-refractivity contribution in [1.29, 1.82) is 0 Å². The van der Waals surface area contributed by atoms with E-state index in [1.54, 1.807) is 0 Å². The van der Waals surface area contributed by atoms with Gasteiger partial charge in [0.05, 0.1) is 0 Å². The topological polar surface area (TPSA) is 28.5 Å². The quantitative estimate of drug-likeness (QED) is 0.399. The molecule has 4 heteroatoms. The molecule has 0 aliphatic carbocycles. The van der Waals surface area contributed by atoms with Crippen LogP contribution in [0.15, 0.2) is 0 Å². The van der Waals surface area contributed by atoms with Crippen molar-refractivity contribution in [2.24, 2.45) is 0 Å². The van der Waals surface area contributed by atoms with Gasteiger partial charge in [-0.1, -0.05) is 0 Å². The van der Waals surface area contributed by atoms with Crippen LogP contribution in [0.3, 0.4) is 0 Å². The van der Waals surface area contributed by atoms with Crippen molar-refractivity contribution in [1.82, 2.24) is 0 Å². The molecule has 0 aromatic carbocycles. The molecule has 0 saturated carbocycles. The Morgan fingerprint density at radius 1 is 1.25 bits per heavy atom. The molecule has 0 unspecified atom stereocenters. The van der Waals surface area contributed by atoms with Gasteiger partial charge in [-0.15, -0.1) is 0 Å². The van der Waals surface area contributed by atoms with Crippen LogP contribution in [0.25, 0.3) is 0 Å². The summed E-state index contributed by atoms with van der Waals surface area (Å²) >= 11 is 0. The Hall–Kier alpha value is 0.250. The van der Waals surface area contributed by atoms with Gasteiger partial charge in [0.1, 0.15) is 0 Å². The summed E-state index contributed by atoms with van der Waals surface area (Å²) in [5, 5.41) is 0. The smallest absolute Gasteiger partial charge is 0.178 e. The second kappa shape index (κ2) is 10.5.